The molecule has 1 aromatic heterocycles. The highest BCUT2D eigenvalue weighted by Crippen LogP contribution is 2.31. The van der Waals surface area contributed by atoms with Crippen molar-refractivity contribution >= 4 is 17.8 Å². The largest absolute Gasteiger partial charge is 0.340 e. The number of amides is 4. The van der Waals surface area contributed by atoms with Gasteiger partial charge in [-0.15, -0.1) is 0 Å². The Labute approximate surface area is 173 Å². The van der Waals surface area contributed by atoms with Gasteiger partial charge in [0.1, 0.15) is 23.7 Å². The fourth-order valence-corrected chi connectivity index (χ4v) is 4.01. The maximum atomic E-state index is 13.5. The molecular weight excluding hydrogens is 389 g/mol. The number of H-pyrrole nitrogens is 1. The Morgan fingerprint density at radius 2 is 2.10 bits per heavy atom. The number of piperidine rings is 1. The first-order valence-electron chi connectivity index (χ1n) is 10.0. The van der Waals surface area contributed by atoms with Crippen molar-refractivity contribution in [1.82, 2.24) is 25.1 Å². The predicted octanol–water partition coefficient (Wildman–Crippen LogP) is 2.60. The van der Waals surface area contributed by atoms with Gasteiger partial charge in [-0.25, -0.2) is 14.2 Å². The number of nitrogens with zero attached hydrogens (tertiary/aromatic N) is 3. The maximum absolute atomic E-state index is 13.5. The van der Waals surface area contributed by atoms with Crippen LogP contribution in [-0.2, 0) is 9.59 Å². The van der Waals surface area contributed by atoms with Crippen LogP contribution in [0, 0.1) is 5.82 Å². The lowest BCUT2D eigenvalue weighted by molar-refractivity contribution is -0.137. The van der Waals surface area contributed by atoms with Crippen molar-refractivity contribution in [3.63, 3.8) is 0 Å². The summed E-state index contributed by atoms with van der Waals surface area (Å²) in [7, 11) is 0. The molecule has 158 valence electrons. The first-order chi connectivity index (χ1) is 14.3. The van der Waals surface area contributed by atoms with Crippen LogP contribution in [0.15, 0.2) is 30.5 Å². The number of benzene rings is 1. The fourth-order valence-electron chi connectivity index (χ4n) is 4.01. The van der Waals surface area contributed by atoms with Crippen molar-refractivity contribution in [3.8, 4) is 11.3 Å². The van der Waals surface area contributed by atoms with E-state index in [1.807, 2.05) is 0 Å². The van der Waals surface area contributed by atoms with Crippen LogP contribution in [0.25, 0.3) is 11.3 Å². The number of rotatable bonds is 4. The standard InChI is InChI=1S/C21H24FN5O3/c1-21(2)19(29)25-20(30)27(21)12-17(28)26-9-4-3-8-16(26)18-23-11-15(24-18)13-6-5-7-14(22)10-13/h5-7,10-11,16H,3-4,8-9,12H2,1-2H3,(H,23,24)(H,25,29,30). The van der Waals surface area contributed by atoms with Crippen molar-refractivity contribution in [2.75, 3.05) is 13.1 Å². The van der Waals surface area contributed by atoms with Gasteiger partial charge in [0.25, 0.3) is 5.91 Å². The van der Waals surface area contributed by atoms with E-state index in [1.54, 1.807) is 37.1 Å². The minimum atomic E-state index is -1.08. The number of aromatic nitrogens is 2. The Hall–Kier alpha value is -3.23. The van der Waals surface area contributed by atoms with Gasteiger partial charge in [0.15, 0.2) is 0 Å². The molecule has 9 heteroatoms. The third-order valence-corrected chi connectivity index (χ3v) is 5.86. The number of aromatic amines is 1. The quantitative estimate of drug-likeness (QED) is 0.753. The number of nitrogens with one attached hydrogen (secondary N) is 2. The number of hydrogen-bond acceptors (Lipinski definition) is 4. The van der Waals surface area contributed by atoms with E-state index in [0.717, 1.165) is 19.3 Å². The van der Waals surface area contributed by atoms with Gasteiger partial charge >= 0.3 is 6.03 Å². The summed E-state index contributed by atoms with van der Waals surface area (Å²) in [5.74, 6) is -0.356. The third kappa shape index (κ3) is 3.55. The van der Waals surface area contributed by atoms with Gasteiger partial charge in [-0.1, -0.05) is 12.1 Å². The second kappa shape index (κ2) is 7.55. The summed E-state index contributed by atoms with van der Waals surface area (Å²) in [6.07, 6.45) is 4.17. The van der Waals surface area contributed by atoms with Gasteiger partial charge in [0.05, 0.1) is 17.9 Å². The summed E-state index contributed by atoms with van der Waals surface area (Å²) in [6.45, 7) is 3.60. The Bertz CT molecular complexity index is 1000. The number of likely N-dealkylation sites (tertiary alicyclic amines) is 1. The lowest BCUT2D eigenvalue weighted by atomic mass is 10.0. The summed E-state index contributed by atoms with van der Waals surface area (Å²) in [5.41, 5.74) is 0.275. The third-order valence-electron chi connectivity index (χ3n) is 5.86. The molecule has 30 heavy (non-hydrogen) atoms. The molecule has 1 aromatic carbocycles. The molecule has 0 bridgehead atoms. The van der Waals surface area contributed by atoms with Crippen LogP contribution in [0.2, 0.25) is 0 Å². The minimum absolute atomic E-state index is 0.182. The van der Waals surface area contributed by atoms with E-state index in [0.29, 0.717) is 23.6 Å². The zero-order valence-corrected chi connectivity index (χ0v) is 16.9. The second-order valence-corrected chi connectivity index (χ2v) is 8.20. The highest BCUT2D eigenvalue weighted by molar-refractivity contribution is 6.07. The number of carbonyl (C=O) groups is 3. The van der Waals surface area contributed by atoms with Crippen molar-refractivity contribution < 1.29 is 18.8 Å². The Morgan fingerprint density at radius 1 is 1.30 bits per heavy atom. The van der Waals surface area contributed by atoms with Gasteiger partial charge in [-0.2, -0.15) is 0 Å². The summed E-state index contributed by atoms with van der Waals surface area (Å²) in [4.78, 5) is 47.9. The summed E-state index contributed by atoms with van der Waals surface area (Å²) in [6, 6.07) is 5.40. The molecule has 1 unspecified atom stereocenters. The van der Waals surface area contributed by atoms with E-state index >= 15 is 0 Å². The Morgan fingerprint density at radius 3 is 2.80 bits per heavy atom. The summed E-state index contributed by atoms with van der Waals surface area (Å²) in [5, 5.41) is 2.26. The smallest absolute Gasteiger partial charge is 0.325 e. The molecule has 1 atom stereocenters. The van der Waals surface area contributed by atoms with Crippen LogP contribution < -0.4 is 5.32 Å². The molecule has 4 rings (SSSR count). The first-order valence-corrected chi connectivity index (χ1v) is 10.0. The van der Waals surface area contributed by atoms with Gasteiger partial charge < -0.3 is 14.8 Å². The van der Waals surface area contributed by atoms with Crippen LogP contribution in [0.1, 0.15) is 45.0 Å². The number of imide groups is 1. The number of hydrogen-bond donors (Lipinski definition) is 2. The molecule has 2 saturated heterocycles. The molecule has 4 amide bonds. The summed E-state index contributed by atoms with van der Waals surface area (Å²) < 4.78 is 13.5. The Balaban J connectivity index is 1.54. The van der Waals surface area contributed by atoms with E-state index in [1.165, 1.54) is 17.0 Å². The number of halogens is 1. The number of imidazole rings is 1. The van der Waals surface area contributed by atoms with Crippen molar-refractivity contribution in [3.05, 3.63) is 42.1 Å². The molecule has 2 N–H and O–H groups in total. The van der Waals surface area contributed by atoms with Crippen molar-refractivity contribution in [1.29, 1.82) is 0 Å². The molecule has 8 nitrogen and oxygen atoms in total. The van der Waals surface area contributed by atoms with Gasteiger partial charge in [0.2, 0.25) is 5.91 Å². The molecule has 2 fully saturated rings. The predicted molar refractivity (Wildman–Crippen MR) is 107 cm³/mol. The Kier molecular flexibility index (Phi) is 5.05. The lowest BCUT2D eigenvalue weighted by Gasteiger charge is -2.37. The van der Waals surface area contributed by atoms with Gasteiger partial charge in [-0.3, -0.25) is 14.9 Å². The van der Waals surface area contributed by atoms with E-state index in [-0.39, 0.29) is 24.3 Å². The van der Waals surface area contributed by atoms with Crippen LogP contribution in [0.5, 0.6) is 0 Å². The SMILES string of the molecule is CC1(C)C(=O)NC(=O)N1CC(=O)N1CCCCC1c1ncc(-c2cccc(F)c2)[nH]1. The normalized spacial score (nSPS) is 21.1. The molecule has 2 aliphatic rings. The molecule has 0 saturated carbocycles. The first kappa shape index (κ1) is 20.1. The van der Waals surface area contributed by atoms with Gasteiger partial charge in [0, 0.05) is 12.1 Å². The van der Waals surface area contributed by atoms with Crippen LogP contribution >= 0.6 is 0 Å². The average Bonchev–Trinajstić information content (AvgIpc) is 3.27. The van der Waals surface area contributed by atoms with E-state index < -0.39 is 17.5 Å². The minimum Gasteiger partial charge on any atom is -0.340 e. The topological polar surface area (TPSA) is 98.4 Å². The zero-order chi connectivity index (χ0) is 21.5. The molecule has 2 aromatic rings. The molecule has 0 spiro atoms. The van der Waals surface area contributed by atoms with Crippen LogP contribution in [0.4, 0.5) is 9.18 Å². The monoisotopic (exact) mass is 413 g/mol. The summed E-state index contributed by atoms with van der Waals surface area (Å²) >= 11 is 0. The molecule has 2 aliphatic heterocycles. The average molecular weight is 413 g/mol. The van der Waals surface area contributed by atoms with Gasteiger partial charge in [-0.05, 0) is 45.2 Å². The van der Waals surface area contributed by atoms with Crippen molar-refractivity contribution in [2.45, 2.75) is 44.7 Å². The lowest BCUT2D eigenvalue weighted by Crippen LogP contribution is -2.51. The second-order valence-electron chi connectivity index (χ2n) is 8.20. The molecule has 3 heterocycles. The number of carbonyl (C=O) groups excluding carboxylic acids is 3. The van der Waals surface area contributed by atoms with Crippen LogP contribution in [0.3, 0.4) is 0 Å². The molecule has 0 radical (unpaired) electrons. The highest BCUT2D eigenvalue weighted by atomic mass is 19.1. The number of urea groups is 1. The van der Waals surface area contributed by atoms with E-state index in [2.05, 4.69) is 15.3 Å². The fraction of sp³-hybridized carbons (Fsp3) is 0.429. The zero-order valence-electron chi connectivity index (χ0n) is 16.9. The van der Waals surface area contributed by atoms with Crippen LogP contribution in [-0.4, -0.2) is 56.2 Å². The van der Waals surface area contributed by atoms with Crippen molar-refractivity contribution in [2.24, 2.45) is 0 Å². The highest BCUT2D eigenvalue weighted by Gasteiger charge is 2.47. The molecular formula is C21H24FN5O3. The van der Waals surface area contributed by atoms with E-state index in [4.69, 9.17) is 0 Å². The van der Waals surface area contributed by atoms with E-state index in [9.17, 15) is 18.8 Å². The molecule has 0 aliphatic carbocycles. The maximum Gasteiger partial charge on any atom is 0.325 e.